The zero-order valence-electron chi connectivity index (χ0n) is 46.5. The zero-order chi connectivity index (χ0) is 59.1. The summed E-state index contributed by atoms with van der Waals surface area (Å²) in [4.78, 5) is 62.4. The Hall–Kier alpha value is -11.6. The van der Waals surface area contributed by atoms with Crippen molar-refractivity contribution in [1.82, 2.24) is 13.7 Å². The second-order valence-electron chi connectivity index (χ2n) is 19.4. The Balaban J connectivity index is 0.000000142. The van der Waals surface area contributed by atoms with Gasteiger partial charge < -0.3 is 28.2 Å². The number of para-hydroxylation sites is 4. The molecule has 3 heterocycles. The maximum Gasteiger partial charge on any atom is 0.365 e. The molecule has 0 aliphatic heterocycles. The van der Waals surface area contributed by atoms with Gasteiger partial charge in [0.1, 0.15) is 0 Å². The van der Waals surface area contributed by atoms with Crippen molar-refractivity contribution in [1.29, 1.82) is 0 Å². The number of nitro groups is 1. The van der Waals surface area contributed by atoms with Gasteiger partial charge in [-0.15, -0.1) is 0 Å². The van der Waals surface area contributed by atoms with E-state index in [-0.39, 0.29) is 5.69 Å². The van der Waals surface area contributed by atoms with Crippen molar-refractivity contribution in [2.24, 2.45) is 15.5 Å². The maximum atomic E-state index is 12.2. The van der Waals surface area contributed by atoms with Gasteiger partial charge in [0.25, 0.3) is 5.69 Å². The molecule has 9 aromatic carbocycles. The van der Waals surface area contributed by atoms with E-state index in [2.05, 4.69) is 73.3 Å². The lowest BCUT2D eigenvalue weighted by Crippen LogP contribution is -2.03. The van der Waals surface area contributed by atoms with E-state index in [1.165, 1.54) is 17.7 Å². The fourth-order valence-electron chi connectivity index (χ4n) is 9.49. The van der Waals surface area contributed by atoms with Crippen LogP contribution in [0, 0.1) is 10.1 Å². The maximum absolute atomic E-state index is 12.2. The Bertz CT molecular complexity index is 4400. The Morgan fingerprint density at radius 3 is 1.11 bits per heavy atom. The molecular formula is C70H55N7O8. The van der Waals surface area contributed by atoms with E-state index in [1.807, 2.05) is 140 Å². The van der Waals surface area contributed by atoms with E-state index in [1.54, 1.807) is 91.9 Å². The summed E-state index contributed by atoms with van der Waals surface area (Å²) in [5.74, 6) is -1.47. The summed E-state index contributed by atoms with van der Waals surface area (Å²) in [5.41, 5.74) is 12.1. The van der Waals surface area contributed by atoms with Gasteiger partial charge in [-0.05, 0) is 105 Å². The van der Waals surface area contributed by atoms with Crippen molar-refractivity contribution in [2.45, 2.75) is 27.3 Å². The number of fused-ring (bicyclic) bond motifs is 3. The van der Waals surface area contributed by atoms with E-state index < -0.39 is 22.8 Å². The zero-order valence-corrected chi connectivity index (χ0v) is 46.5. The van der Waals surface area contributed by atoms with Crippen LogP contribution in [0.25, 0.3) is 44.1 Å². The third-order valence-electron chi connectivity index (χ3n) is 13.8. The smallest absolute Gasteiger partial charge is 0.342 e. The highest BCUT2D eigenvalue weighted by molar-refractivity contribution is 6.12. The number of nitrogens with zero attached hydrogens (tertiary/aromatic N) is 7. The molecule has 15 heteroatoms. The van der Waals surface area contributed by atoms with Gasteiger partial charge in [0.15, 0.2) is 0 Å². The fourth-order valence-corrected chi connectivity index (χ4v) is 9.49. The summed E-state index contributed by atoms with van der Waals surface area (Å²) in [6.45, 7) is 6.22. The molecule has 418 valence electrons. The minimum atomic E-state index is -0.533. The SMILES string of the molecule is C/C(=N\OC(=O)c1ccccc1)c1cn(-c2ccc([N+](=O)[O-])cc2)c2ccccc12.C/C(=N\OC(=O)c1ccccc1)c1cn(-c2ccccc2)c2ccccc12.C/C(=N\OC(=O)c1ccccc1)c1cn(Cc2ccccc2)c2ccccc12. The highest BCUT2D eigenvalue weighted by Gasteiger charge is 2.17. The minimum absolute atomic E-state index is 0.0287. The van der Waals surface area contributed by atoms with Crippen LogP contribution in [0.4, 0.5) is 5.69 Å². The van der Waals surface area contributed by atoms with Gasteiger partial charge in [0.2, 0.25) is 0 Å². The first-order valence-corrected chi connectivity index (χ1v) is 27.1. The Morgan fingerprint density at radius 1 is 0.388 bits per heavy atom. The quantitative estimate of drug-likeness (QED) is 0.0447. The normalized spacial score (nSPS) is 11.5. The molecule has 85 heavy (non-hydrogen) atoms. The van der Waals surface area contributed by atoms with Gasteiger partial charge in [-0.1, -0.05) is 173 Å². The Kier molecular flexibility index (Phi) is 17.9. The number of carbonyl (C=O) groups excluding carboxylic acids is 3. The van der Waals surface area contributed by atoms with Gasteiger partial charge in [0.05, 0.1) is 49.8 Å². The number of carbonyl (C=O) groups is 3. The van der Waals surface area contributed by atoms with Crippen LogP contribution in [0.5, 0.6) is 0 Å². The highest BCUT2D eigenvalue weighted by atomic mass is 16.7. The van der Waals surface area contributed by atoms with Crippen LogP contribution in [0.15, 0.2) is 283 Å². The molecule has 0 unspecified atom stereocenters. The van der Waals surface area contributed by atoms with Crippen LogP contribution < -0.4 is 0 Å². The lowest BCUT2D eigenvalue weighted by atomic mass is 10.1. The van der Waals surface area contributed by atoms with E-state index in [4.69, 9.17) is 14.5 Å². The van der Waals surface area contributed by atoms with Gasteiger partial charge in [0, 0.05) is 87.0 Å². The van der Waals surface area contributed by atoms with Gasteiger partial charge in [-0.2, -0.15) is 0 Å². The number of non-ortho nitro benzene ring substituents is 1. The second-order valence-corrected chi connectivity index (χ2v) is 19.4. The largest absolute Gasteiger partial charge is 0.365 e. The van der Waals surface area contributed by atoms with Crippen LogP contribution in [0.1, 0.15) is 74.1 Å². The third-order valence-corrected chi connectivity index (χ3v) is 13.8. The first-order valence-electron chi connectivity index (χ1n) is 27.1. The molecule has 0 atom stereocenters. The topological polar surface area (TPSA) is 174 Å². The molecule has 0 fully saturated rings. The average Bonchev–Trinajstić information content (AvgIpc) is 3.04. The van der Waals surface area contributed by atoms with Gasteiger partial charge in [-0.25, -0.2) is 14.4 Å². The van der Waals surface area contributed by atoms with Crippen LogP contribution in [-0.4, -0.2) is 53.7 Å². The monoisotopic (exact) mass is 1120 g/mol. The summed E-state index contributed by atoms with van der Waals surface area (Å²) >= 11 is 0. The molecule has 0 bridgehead atoms. The molecule has 0 aliphatic carbocycles. The number of oxime groups is 3. The predicted octanol–water partition coefficient (Wildman–Crippen LogP) is 15.6. The lowest BCUT2D eigenvalue weighted by Gasteiger charge is -2.05. The van der Waals surface area contributed by atoms with E-state index >= 15 is 0 Å². The standard InChI is InChI=1S/C24H20N2O2.C23H17N3O4.C23H18N2O2/c1-18(25-28-24(27)20-12-6-3-7-13-20)22-17-26(16-19-10-4-2-5-11-19)23-15-9-8-14-21(22)23;1-16(24-30-23(27)17-7-3-2-4-8-17)21-15-25(22-10-6-5-9-20(21)22)18-11-13-19(14-12-18)26(28)29;1-17(24-27-23(26)18-10-4-2-5-11-18)21-16-25(19-12-6-3-7-13-19)22-15-9-8-14-20(21)22/h2-15,17H,16H2,1H3;2-15H,1H3;2-16H,1H3/b25-18+;24-16+;24-17+. The summed E-state index contributed by atoms with van der Waals surface area (Å²) in [7, 11) is 0. The van der Waals surface area contributed by atoms with E-state index in [0.717, 1.165) is 67.3 Å². The molecule has 12 rings (SSSR count). The van der Waals surface area contributed by atoms with Crippen molar-refractivity contribution >= 4 is 73.4 Å². The number of rotatable bonds is 14. The van der Waals surface area contributed by atoms with Crippen LogP contribution in [-0.2, 0) is 21.1 Å². The Labute approximate surface area is 489 Å². The summed E-state index contributed by atoms with van der Waals surface area (Å²) in [6.07, 6.45) is 5.96. The van der Waals surface area contributed by atoms with Crippen molar-refractivity contribution in [3.63, 3.8) is 0 Å². The first kappa shape index (κ1) is 56.7. The van der Waals surface area contributed by atoms with E-state index in [0.29, 0.717) is 33.8 Å². The third kappa shape index (κ3) is 13.6. The molecular weight excluding hydrogens is 1070 g/mol. The van der Waals surface area contributed by atoms with Gasteiger partial charge >= 0.3 is 17.9 Å². The van der Waals surface area contributed by atoms with Crippen LogP contribution in [0.2, 0.25) is 0 Å². The lowest BCUT2D eigenvalue weighted by molar-refractivity contribution is -0.384. The predicted molar refractivity (Wildman–Crippen MR) is 333 cm³/mol. The fraction of sp³-hybridized carbons (Fsp3) is 0.0571. The molecule has 3 aromatic heterocycles. The summed E-state index contributed by atoms with van der Waals surface area (Å²) in [5, 5.41) is 26.2. The molecule has 0 radical (unpaired) electrons. The number of nitro benzene ring substituents is 1. The summed E-state index contributed by atoms with van der Waals surface area (Å²) < 4.78 is 6.23. The minimum Gasteiger partial charge on any atom is -0.342 e. The highest BCUT2D eigenvalue weighted by Crippen LogP contribution is 2.29. The van der Waals surface area contributed by atoms with Crippen molar-refractivity contribution in [3.05, 3.63) is 316 Å². The molecule has 15 nitrogen and oxygen atoms in total. The average molecular weight is 1120 g/mol. The molecule has 0 saturated heterocycles. The molecule has 12 aromatic rings. The summed E-state index contributed by atoms with van der Waals surface area (Å²) in [6, 6.07) is 77.1. The van der Waals surface area contributed by atoms with Gasteiger partial charge in [-0.3, -0.25) is 10.1 Å². The Morgan fingerprint density at radius 2 is 0.706 bits per heavy atom. The van der Waals surface area contributed by atoms with Crippen LogP contribution >= 0.6 is 0 Å². The number of hydrogen-bond acceptors (Lipinski definition) is 11. The number of benzene rings is 9. The first-order chi connectivity index (χ1) is 41.5. The van der Waals surface area contributed by atoms with E-state index in [9.17, 15) is 24.5 Å². The molecule has 0 saturated carbocycles. The number of hydrogen-bond donors (Lipinski definition) is 0. The number of aromatic nitrogens is 3. The molecule has 0 N–H and O–H groups in total. The molecule has 0 aliphatic rings. The molecule has 0 amide bonds. The second kappa shape index (κ2) is 26.8. The van der Waals surface area contributed by atoms with Crippen molar-refractivity contribution in [3.8, 4) is 11.4 Å². The van der Waals surface area contributed by atoms with Crippen LogP contribution in [0.3, 0.4) is 0 Å². The van der Waals surface area contributed by atoms with Crippen molar-refractivity contribution < 1.29 is 33.8 Å². The van der Waals surface area contributed by atoms with Crippen molar-refractivity contribution in [2.75, 3.05) is 0 Å². The molecule has 0 spiro atoms.